The Morgan fingerprint density at radius 1 is 1.00 bits per heavy atom. The van der Waals surface area contributed by atoms with Gasteiger partial charge in [-0.2, -0.15) is 5.11 Å². The van der Waals surface area contributed by atoms with Crippen LogP contribution in [0.4, 0.5) is 11.4 Å². The highest BCUT2D eigenvalue weighted by molar-refractivity contribution is 7.89. The molecule has 0 fully saturated rings. The van der Waals surface area contributed by atoms with Crippen LogP contribution in [-0.2, 0) is 10.0 Å². The van der Waals surface area contributed by atoms with Gasteiger partial charge < -0.3 is 0 Å². The van der Waals surface area contributed by atoms with Crippen molar-refractivity contribution in [3.8, 4) is 5.69 Å². The molecule has 8 nitrogen and oxygen atoms in total. The second kappa shape index (κ2) is 6.46. The highest BCUT2D eigenvalue weighted by Gasteiger charge is 2.12. The average Bonchev–Trinajstić information content (AvgIpc) is 2.88. The Bertz CT molecular complexity index is 1080. The zero-order chi connectivity index (χ0) is 18.0. The molecule has 1 heterocycles. The second-order valence-electron chi connectivity index (χ2n) is 5.30. The molecule has 0 unspecified atom stereocenters. The van der Waals surface area contributed by atoms with Gasteiger partial charge in [-0.15, -0.1) is 5.11 Å². The summed E-state index contributed by atoms with van der Waals surface area (Å²) in [5.41, 5.74) is 1.51. The summed E-state index contributed by atoms with van der Waals surface area (Å²) in [4.78, 5) is 12.5. The van der Waals surface area contributed by atoms with Crippen LogP contribution in [-0.4, -0.2) is 18.2 Å². The van der Waals surface area contributed by atoms with E-state index in [1.807, 2.05) is 18.2 Å². The molecule has 25 heavy (non-hydrogen) atoms. The minimum absolute atomic E-state index is 0.0179. The predicted molar refractivity (Wildman–Crippen MR) is 93.1 cm³/mol. The van der Waals surface area contributed by atoms with Crippen LogP contribution in [0, 0.1) is 6.92 Å². The Morgan fingerprint density at radius 2 is 1.64 bits per heavy atom. The first-order valence-electron chi connectivity index (χ1n) is 7.28. The third-order valence-electron chi connectivity index (χ3n) is 3.49. The number of aryl methyl sites for hydroxylation is 1. The number of benzene rings is 2. The SMILES string of the molecule is Cc1[nH]n(-c2ccccc2)c(=O)c1N=Nc1ccc(S(N)(=O)=O)cc1. The van der Waals surface area contributed by atoms with Crippen molar-refractivity contribution >= 4 is 21.4 Å². The summed E-state index contributed by atoms with van der Waals surface area (Å²) in [5.74, 6) is 0. The van der Waals surface area contributed by atoms with Crippen LogP contribution in [0.25, 0.3) is 5.69 Å². The number of nitrogens with two attached hydrogens (primary N) is 1. The van der Waals surface area contributed by atoms with Gasteiger partial charge in [-0.05, 0) is 43.3 Å². The molecule has 0 aliphatic heterocycles. The molecule has 0 aliphatic carbocycles. The van der Waals surface area contributed by atoms with Gasteiger partial charge in [0.2, 0.25) is 10.0 Å². The van der Waals surface area contributed by atoms with Crippen LogP contribution < -0.4 is 10.7 Å². The maximum absolute atomic E-state index is 12.5. The van der Waals surface area contributed by atoms with E-state index in [2.05, 4.69) is 15.3 Å². The Labute approximate surface area is 143 Å². The standard InChI is InChI=1S/C16H15N5O3S/c1-11-15(16(22)21(20-11)13-5-3-2-4-6-13)19-18-12-7-9-14(10-8-12)25(17,23)24/h2-10,20H,1H3,(H2,17,23,24). The number of rotatable bonds is 4. The van der Waals surface area contributed by atoms with Crippen molar-refractivity contribution in [3.63, 3.8) is 0 Å². The number of aromatic nitrogens is 2. The summed E-state index contributed by atoms with van der Waals surface area (Å²) in [6.07, 6.45) is 0. The highest BCUT2D eigenvalue weighted by atomic mass is 32.2. The summed E-state index contributed by atoms with van der Waals surface area (Å²) >= 11 is 0. The Hall–Kier alpha value is -3.04. The van der Waals surface area contributed by atoms with Crippen molar-refractivity contribution in [2.75, 3.05) is 0 Å². The first-order valence-corrected chi connectivity index (χ1v) is 8.82. The molecular weight excluding hydrogens is 342 g/mol. The van der Waals surface area contributed by atoms with Gasteiger partial charge in [-0.1, -0.05) is 18.2 Å². The predicted octanol–water partition coefficient (Wildman–Crippen LogP) is 2.54. The number of hydrogen-bond acceptors (Lipinski definition) is 5. The summed E-state index contributed by atoms with van der Waals surface area (Å²) in [6, 6.07) is 14.7. The van der Waals surface area contributed by atoms with Crippen LogP contribution in [0.1, 0.15) is 5.69 Å². The van der Waals surface area contributed by atoms with E-state index in [0.29, 0.717) is 17.1 Å². The summed E-state index contributed by atoms with van der Waals surface area (Å²) in [5, 5.41) is 16.0. The second-order valence-corrected chi connectivity index (χ2v) is 6.86. The lowest BCUT2D eigenvalue weighted by Gasteiger charge is -1.99. The van der Waals surface area contributed by atoms with Gasteiger partial charge in [-0.25, -0.2) is 18.2 Å². The summed E-state index contributed by atoms with van der Waals surface area (Å²) < 4.78 is 23.8. The topological polar surface area (TPSA) is 123 Å². The first-order chi connectivity index (χ1) is 11.9. The van der Waals surface area contributed by atoms with Gasteiger partial charge in [-0.3, -0.25) is 9.89 Å². The lowest BCUT2D eigenvalue weighted by Crippen LogP contribution is -2.13. The molecule has 9 heteroatoms. The van der Waals surface area contributed by atoms with Crippen molar-refractivity contribution in [2.45, 2.75) is 11.8 Å². The molecule has 0 spiro atoms. The van der Waals surface area contributed by atoms with Gasteiger partial charge in [0.15, 0.2) is 5.69 Å². The average molecular weight is 357 g/mol. The summed E-state index contributed by atoms with van der Waals surface area (Å²) in [6.45, 7) is 1.72. The van der Waals surface area contributed by atoms with Gasteiger partial charge in [0, 0.05) is 0 Å². The molecule has 0 bridgehead atoms. The maximum Gasteiger partial charge on any atom is 0.299 e. The Kier molecular flexibility index (Phi) is 4.34. The molecule has 3 rings (SSSR count). The fraction of sp³-hybridized carbons (Fsp3) is 0.0625. The normalized spacial score (nSPS) is 11.9. The van der Waals surface area contributed by atoms with Crippen molar-refractivity contribution in [3.05, 3.63) is 70.6 Å². The van der Waals surface area contributed by atoms with Crippen LogP contribution in [0.5, 0.6) is 0 Å². The monoisotopic (exact) mass is 357 g/mol. The number of hydrogen-bond donors (Lipinski definition) is 2. The zero-order valence-electron chi connectivity index (χ0n) is 13.2. The number of H-pyrrole nitrogens is 1. The number of para-hydroxylation sites is 1. The minimum Gasteiger partial charge on any atom is -0.293 e. The lowest BCUT2D eigenvalue weighted by molar-refractivity contribution is 0.598. The smallest absolute Gasteiger partial charge is 0.293 e. The Morgan fingerprint density at radius 3 is 2.24 bits per heavy atom. The number of nitrogens with one attached hydrogen (secondary N) is 1. The number of aromatic amines is 1. The van der Waals surface area contributed by atoms with Gasteiger partial charge in [0.1, 0.15) is 0 Å². The fourth-order valence-electron chi connectivity index (χ4n) is 2.22. The first kappa shape index (κ1) is 16.8. The number of sulfonamides is 1. The van der Waals surface area contributed by atoms with E-state index in [0.717, 1.165) is 0 Å². The van der Waals surface area contributed by atoms with Crippen molar-refractivity contribution in [1.82, 2.24) is 9.78 Å². The molecule has 0 saturated carbocycles. The largest absolute Gasteiger partial charge is 0.299 e. The highest BCUT2D eigenvalue weighted by Crippen LogP contribution is 2.20. The molecule has 0 radical (unpaired) electrons. The lowest BCUT2D eigenvalue weighted by atomic mass is 10.3. The van der Waals surface area contributed by atoms with Gasteiger partial charge >= 0.3 is 0 Å². The van der Waals surface area contributed by atoms with E-state index in [4.69, 9.17) is 5.14 Å². The van der Waals surface area contributed by atoms with Crippen molar-refractivity contribution in [1.29, 1.82) is 0 Å². The molecule has 128 valence electrons. The molecule has 0 atom stereocenters. The van der Waals surface area contributed by atoms with Crippen LogP contribution in [0.3, 0.4) is 0 Å². The molecular formula is C16H15N5O3S. The van der Waals surface area contributed by atoms with E-state index >= 15 is 0 Å². The molecule has 2 aromatic carbocycles. The number of primary sulfonamides is 1. The minimum atomic E-state index is -3.76. The van der Waals surface area contributed by atoms with E-state index in [1.165, 1.54) is 28.9 Å². The van der Waals surface area contributed by atoms with E-state index in [1.54, 1.807) is 19.1 Å². The van der Waals surface area contributed by atoms with Gasteiger partial charge in [0.05, 0.1) is 22.0 Å². The number of nitrogens with zero attached hydrogens (tertiary/aromatic N) is 3. The summed E-state index contributed by atoms with van der Waals surface area (Å²) in [7, 11) is -3.76. The molecule has 3 aromatic rings. The Balaban J connectivity index is 1.92. The third-order valence-corrected chi connectivity index (χ3v) is 4.41. The van der Waals surface area contributed by atoms with Crippen LogP contribution in [0.2, 0.25) is 0 Å². The van der Waals surface area contributed by atoms with Gasteiger partial charge in [0.25, 0.3) is 5.56 Å². The van der Waals surface area contributed by atoms with E-state index < -0.39 is 10.0 Å². The fourth-order valence-corrected chi connectivity index (χ4v) is 2.74. The van der Waals surface area contributed by atoms with Crippen molar-refractivity contribution < 1.29 is 8.42 Å². The van der Waals surface area contributed by atoms with E-state index in [9.17, 15) is 13.2 Å². The third kappa shape index (κ3) is 3.57. The maximum atomic E-state index is 12.5. The van der Waals surface area contributed by atoms with Crippen molar-refractivity contribution in [2.24, 2.45) is 15.4 Å². The van der Waals surface area contributed by atoms with E-state index in [-0.39, 0.29) is 16.1 Å². The zero-order valence-corrected chi connectivity index (χ0v) is 14.1. The quantitative estimate of drug-likeness (QED) is 0.697. The molecule has 0 aliphatic rings. The molecule has 0 saturated heterocycles. The van der Waals surface area contributed by atoms with Crippen LogP contribution >= 0.6 is 0 Å². The molecule has 3 N–H and O–H groups in total. The number of azo groups is 1. The molecule has 0 amide bonds. The molecule has 1 aromatic heterocycles. The van der Waals surface area contributed by atoms with Crippen LogP contribution in [0.15, 0.2) is 74.5 Å².